The van der Waals surface area contributed by atoms with E-state index >= 15 is 0 Å². The van der Waals surface area contributed by atoms with E-state index in [0.29, 0.717) is 13.2 Å². The summed E-state index contributed by atoms with van der Waals surface area (Å²) < 4.78 is 10.9. The number of phenols is 1. The van der Waals surface area contributed by atoms with Crippen molar-refractivity contribution in [1.82, 2.24) is 15.1 Å². The highest BCUT2D eigenvalue weighted by Gasteiger charge is 2.27. The number of likely N-dealkylation sites (N-methyl/N-ethyl adjacent to an activating group) is 1. The molecule has 1 unspecified atom stereocenters. The number of amides is 1. The predicted octanol–water partition coefficient (Wildman–Crippen LogP) is 3.62. The van der Waals surface area contributed by atoms with Crippen LogP contribution in [0.15, 0.2) is 36.4 Å². The first-order valence-electron chi connectivity index (χ1n) is 12.1. The van der Waals surface area contributed by atoms with E-state index in [1.165, 1.54) is 6.07 Å². The maximum atomic E-state index is 13.0. The lowest BCUT2D eigenvalue weighted by molar-refractivity contribution is -0.145. The van der Waals surface area contributed by atoms with Crippen molar-refractivity contribution in [3.05, 3.63) is 57.6 Å². The van der Waals surface area contributed by atoms with Gasteiger partial charge in [-0.2, -0.15) is 0 Å². The third kappa shape index (κ3) is 7.74. The fourth-order valence-electron chi connectivity index (χ4n) is 4.02. The molecule has 10 heteroatoms. The number of rotatable bonds is 10. The molecule has 8 nitrogen and oxygen atoms in total. The van der Waals surface area contributed by atoms with Gasteiger partial charge in [0.25, 0.3) is 5.91 Å². The van der Waals surface area contributed by atoms with Crippen LogP contribution in [0, 0.1) is 0 Å². The lowest BCUT2D eigenvalue weighted by Crippen LogP contribution is -2.43. The van der Waals surface area contributed by atoms with Crippen LogP contribution in [0.3, 0.4) is 0 Å². The number of halogens is 2. The van der Waals surface area contributed by atoms with Crippen LogP contribution in [0.5, 0.6) is 11.5 Å². The Morgan fingerprint density at radius 1 is 1.14 bits per heavy atom. The summed E-state index contributed by atoms with van der Waals surface area (Å²) in [6.07, 6.45) is 1.31. The second kappa shape index (κ2) is 13.7. The van der Waals surface area contributed by atoms with Crippen LogP contribution < -0.4 is 10.1 Å². The van der Waals surface area contributed by atoms with Crippen molar-refractivity contribution < 1.29 is 24.2 Å². The number of esters is 1. The van der Waals surface area contributed by atoms with Crippen LogP contribution in [0.25, 0.3) is 0 Å². The SMILES string of the molecule is CCOC(=O)C(Cc1ccccc1)NC(=O)c1cc(Cl)c(OCCN2CCCN(C)CC2)c(Cl)c1O. The van der Waals surface area contributed by atoms with Gasteiger partial charge in [-0.3, -0.25) is 9.69 Å². The molecule has 1 heterocycles. The standard InChI is InChI=1S/C26H33Cl2N3O5/c1-3-35-26(34)21(16-18-8-5-4-6-9-18)29-25(33)19-17-20(27)24(22(28)23(19)32)36-15-14-31-11-7-10-30(2)12-13-31/h4-6,8-9,17,21,32H,3,7,10-16H2,1-2H3,(H,29,33). The van der Waals surface area contributed by atoms with Gasteiger partial charge in [0.1, 0.15) is 17.7 Å². The van der Waals surface area contributed by atoms with E-state index in [9.17, 15) is 14.7 Å². The highest BCUT2D eigenvalue weighted by molar-refractivity contribution is 6.39. The van der Waals surface area contributed by atoms with Crippen molar-refractivity contribution in [2.75, 3.05) is 53.0 Å². The molecular weight excluding hydrogens is 505 g/mol. The second-order valence-electron chi connectivity index (χ2n) is 8.71. The monoisotopic (exact) mass is 537 g/mol. The van der Waals surface area contributed by atoms with Crippen LogP contribution in [0.1, 0.15) is 29.3 Å². The second-order valence-corrected chi connectivity index (χ2v) is 9.50. The molecule has 3 rings (SSSR count). The molecule has 0 saturated carbocycles. The molecule has 1 aliphatic heterocycles. The zero-order chi connectivity index (χ0) is 26.1. The van der Waals surface area contributed by atoms with E-state index in [4.69, 9.17) is 32.7 Å². The smallest absolute Gasteiger partial charge is 0.328 e. The van der Waals surface area contributed by atoms with Gasteiger partial charge in [0.2, 0.25) is 0 Å². The molecule has 1 saturated heterocycles. The van der Waals surface area contributed by atoms with Gasteiger partial charge in [0.05, 0.1) is 17.2 Å². The van der Waals surface area contributed by atoms with Gasteiger partial charge in [-0.1, -0.05) is 53.5 Å². The number of aromatic hydroxyl groups is 1. The highest BCUT2D eigenvalue weighted by Crippen LogP contribution is 2.42. The Bertz CT molecular complexity index is 1040. The molecule has 0 spiro atoms. The van der Waals surface area contributed by atoms with E-state index in [1.54, 1.807) is 6.92 Å². The highest BCUT2D eigenvalue weighted by atomic mass is 35.5. The number of hydrogen-bond donors (Lipinski definition) is 2. The Kier molecular flexibility index (Phi) is 10.7. The molecule has 2 aromatic rings. The maximum absolute atomic E-state index is 13.0. The quantitative estimate of drug-likeness (QED) is 0.447. The Morgan fingerprint density at radius 3 is 2.61 bits per heavy atom. The third-order valence-electron chi connectivity index (χ3n) is 6.02. The summed E-state index contributed by atoms with van der Waals surface area (Å²) >= 11 is 12.7. The normalized spacial score (nSPS) is 15.7. The van der Waals surface area contributed by atoms with Crippen LogP contribution in [0.2, 0.25) is 10.0 Å². The van der Waals surface area contributed by atoms with Crippen molar-refractivity contribution in [1.29, 1.82) is 0 Å². The van der Waals surface area contributed by atoms with Gasteiger partial charge in [0, 0.05) is 26.1 Å². The van der Waals surface area contributed by atoms with Gasteiger partial charge in [0.15, 0.2) is 11.5 Å². The molecule has 1 fully saturated rings. The van der Waals surface area contributed by atoms with Crippen molar-refractivity contribution in [3.8, 4) is 11.5 Å². The number of carbonyl (C=O) groups excluding carboxylic acids is 2. The minimum atomic E-state index is -0.958. The van der Waals surface area contributed by atoms with Crippen LogP contribution >= 0.6 is 23.2 Å². The average molecular weight is 538 g/mol. The molecular formula is C26H33Cl2N3O5. The van der Waals surface area contributed by atoms with Crippen molar-refractivity contribution in [3.63, 3.8) is 0 Å². The Labute approximate surface area is 222 Å². The van der Waals surface area contributed by atoms with E-state index in [0.717, 1.165) is 38.2 Å². The number of nitrogens with one attached hydrogen (secondary N) is 1. The van der Waals surface area contributed by atoms with Gasteiger partial charge < -0.3 is 24.8 Å². The number of ether oxygens (including phenoxy) is 2. The van der Waals surface area contributed by atoms with E-state index < -0.39 is 23.7 Å². The van der Waals surface area contributed by atoms with Gasteiger partial charge in [-0.05, 0) is 45.1 Å². The summed E-state index contributed by atoms with van der Waals surface area (Å²) in [5.74, 6) is -1.63. The molecule has 1 aliphatic rings. The minimum Gasteiger partial charge on any atom is -0.505 e. The molecule has 0 aromatic heterocycles. The Morgan fingerprint density at radius 2 is 1.89 bits per heavy atom. The predicted molar refractivity (Wildman–Crippen MR) is 140 cm³/mol. The number of nitrogens with zero attached hydrogens (tertiary/aromatic N) is 2. The molecule has 2 aromatic carbocycles. The van der Waals surface area contributed by atoms with Gasteiger partial charge in [-0.25, -0.2) is 4.79 Å². The molecule has 36 heavy (non-hydrogen) atoms. The summed E-state index contributed by atoms with van der Waals surface area (Å²) in [6, 6.07) is 9.57. The summed E-state index contributed by atoms with van der Waals surface area (Å²) in [6.45, 7) is 6.84. The van der Waals surface area contributed by atoms with Crippen LogP contribution in [-0.2, 0) is 16.0 Å². The van der Waals surface area contributed by atoms with E-state index in [2.05, 4.69) is 22.2 Å². The maximum Gasteiger partial charge on any atom is 0.328 e. The molecule has 2 N–H and O–H groups in total. The number of phenolic OH excluding ortho intramolecular Hbond substituents is 1. The molecule has 196 valence electrons. The summed E-state index contributed by atoms with van der Waals surface area (Å²) in [4.78, 5) is 30.1. The first kappa shape index (κ1) is 28.1. The molecule has 1 amide bonds. The van der Waals surface area contributed by atoms with E-state index in [1.807, 2.05) is 30.3 Å². The molecule has 1 atom stereocenters. The number of carbonyl (C=O) groups is 2. The lowest BCUT2D eigenvalue weighted by atomic mass is 10.1. The zero-order valence-corrected chi connectivity index (χ0v) is 22.1. The summed E-state index contributed by atoms with van der Waals surface area (Å²) in [5.41, 5.74) is 0.686. The van der Waals surface area contributed by atoms with Crippen LogP contribution in [-0.4, -0.2) is 85.8 Å². The fraction of sp³-hybridized carbons (Fsp3) is 0.462. The minimum absolute atomic E-state index is 0.0919. The Hall–Kier alpha value is -2.52. The topological polar surface area (TPSA) is 91.3 Å². The lowest BCUT2D eigenvalue weighted by Gasteiger charge is -2.21. The van der Waals surface area contributed by atoms with Gasteiger partial charge >= 0.3 is 5.97 Å². The van der Waals surface area contributed by atoms with Gasteiger partial charge in [-0.15, -0.1) is 0 Å². The molecule has 0 radical (unpaired) electrons. The first-order valence-corrected chi connectivity index (χ1v) is 12.8. The van der Waals surface area contributed by atoms with Crippen molar-refractivity contribution >= 4 is 35.1 Å². The third-order valence-corrected chi connectivity index (χ3v) is 6.65. The molecule has 0 bridgehead atoms. The average Bonchev–Trinajstić information content (AvgIpc) is 3.07. The fourth-order valence-corrected chi connectivity index (χ4v) is 4.58. The van der Waals surface area contributed by atoms with Crippen LogP contribution in [0.4, 0.5) is 0 Å². The summed E-state index contributed by atoms with van der Waals surface area (Å²) in [7, 11) is 2.11. The largest absolute Gasteiger partial charge is 0.505 e. The summed E-state index contributed by atoms with van der Waals surface area (Å²) in [5, 5.41) is 13.2. The zero-order valence-electron chi connectivity index (χ0n) is 20.6. The first-order chi connectivity index (χ1) is 17.3. The van der Waals surface area contributed by atoms with Crippen molar-refractivity contribution in [2.24, 2.45) is 0 Å². The van der Waals surface area contributed by atoms with E-state index in [-0.39, 0.29) is 34.4 Å². The Balaban J connectivity index is 1.69. The molecule has 0 aliphatic carbocycles. The number of benzene rings is 2. The van der Waals surface area contributed by atoms with Crippen molar-refractivity contribution in [2.45, 2.75) is 25.8 Å². The number of hydrogen-bond acceptors (Lipinski definition) is 7.